The van der Waals surface area contributed by atoms with Crippen molar-refractivity contribution < 1.29 is 23.9 Å². The fraction of sp³-hybridized carbons (Fsp3) is 0.417. The van der Waals surface area contributed by atoms with Gasteiger partial charge in [0.1, 0.15) is 11.5 Å². The number of hydrogen-bond acceptors (Lipinski definition) is 7. The number of hydrogen-bond donors (Lipinski definition) is 1. The van der Waals surface area contributed by atoms with Crippen molar-refractivity contribution in [2.45, 2.75) is 52.3 Å². The Labute approximate surface area is 182 Å². The van der Waals surface area contributed by atoms with Gasteiger partial charge in [0.25, 0.3) is 0 Å². The zero-order valence-corrected chi connectivity index (χ0v) is 18.4. The maximum atomic E-state index is 12.6. The van der Waals surface area contributed by atoms with Crippen LogP contribution in [0.4, 0.5) is 5.69 Å². The topological polar surface area (TPSA) is 77.1 Å². The summed E-state index contributed by atoms with van der Waals surface area (Å²) in [7, 11) is 0. The number of esters is 2. The maximum absolute atomic E-state index is 12.6. The molecule has 1 N–H and O–H groups in total. The number of carbonyl (C=O) groups is 2. The fourth-order valence-corrected chi connectivity index (χ4v) is 4.00. The number of nitrogens with one attached hydrogen (secondary N) is 1. The predicted octanol–water partition coefficient (Wildman–Crippen LogP) is 3.71. The average Bonchev–Trinajstić information content (AvgIpc) is 3.16. The van der Waals surface area contributed by atoms with Gasteiger partial charge in [0.2, 0.25) is 0 Å². The predicted molar refractivity (Wildman–Crippen MR) is 116 cm³/mol. The lowest BCUT2D eigenvalue weighted by Gasteiger charge is -2.29. The second kappa shape index (κ2) is 8.23. The van der Waals surface area contributed by atoms with Crippen molar-refractivity contribution in [3.63, 3.8) is 0 Å². The molecule has 0 saturated heterocycles. The Hall–Kier alpha value is -3.06. The van der Waals surface area contributed by atoms with Crippen LogP contribution in [-0.2, 0) is 27.4 Å². The Balaban J connectivity index is 1.57. The first-order chi connectivity index (χ1) is 14.8. The molecule has 4 rings (SSSR count). The van der Waals surface area contributed by atoms with Gasteiger partial charge in [-0.2, -0.15) is 5.48 Å². The molecule has 2 aliphatic rings. The number of hydroxylamine groups is 1. The van der Waals surface area contributed by atoms with Gasteiger partial charge in [-0.1, -0.05) is 18.2 Å². The largest absolute Gasteiger partial charge is 0.462 e. The first-order valence-electron chi connectivity index (χ1n) is 10.6. The van der Waals surface area contributed by atoms with E-state index in [1.165, 1.54) is 0 Å². The van der Waals surface area contributed by atoms with E-state index in [0.717, 1.165) is 22.4 Å². The van der Waals surface area contributed by atoms with Crippen LogP contribution in [0.15, 0.2) is 36.4 Å². The highest BCUT2D eigenvalue weighted by molar-refractivity contribution is 5.92. The van der Waals surface area contributed by atoms with Gasteiger partial charge in [-0.05, 0) is 51.0 Å². The number of benzene rings is 2. The van der Waals surface area contributed by atoms with Crippen molar-refractivity contribution >= 4 is 17.6 Å². The van der Waals surface area contributed by atoms with Gasteiger partial charge in [-0.25, -0.2) is 4.79 Å². The standard InChI is InChI=1S/C24H28N2O5/c1-5-29-22(27)18-8-6-7-15-13-26(14-20(15)18)16-9-10-17-19(12-25-31-21(17)11-16)23(28)30-24(2,3)4/h6-11,19,25H,5,12-14H2,1-4H3. The van der Waals surface area contributed by atoms with Gasteiger partial charge in [-0.15, -0.1) is 0 Å². The Bertz CT molecular complexity index is 1010. The first-order valence-corrected chi connectivity index (χ1v) is 10.6. The van der Waals surface area contributed by atoms with Crippen LogP contribution in [0.2, 0.25) is 0 Å². The summed E-state index contributed by atoms with van der Waals surface area (Å²) >= 11 is 0. The lowest BCUT2D eigenvalue weighted by molar-refractivity contribution is -0.157. The quantitative estimate of drug-likeness (QED) is 0.750. The van der Waals surface area contributed by atoms with Gasteiger partial charge in [0.05, 0.1) is 12.2 Å². The van der Waals surface area contributed by atoms with Crippen molar-refractivity contribution in [2.24, 2.45) is 0 Å². The highest BCUT2D eigenvalue weighted by Gasteiger charge is 2.33. The molecule has 2 aromatic rings. The van der Waals surface area contributed by atoms with E-state index in [1.54, 1.807) is 6.92 Å². The van der Waals surface area contributed by atoms with E-state index in [-0.39, 0.29) is 11.9 Å². The lowest BCUT2D eigenvalue weighted by Crippen LogP contribution is -2.38. The van der Waals surface area contributed by atoms with E-state index < -0.39 is 11.5 Å². The van der Waals surface area contributed by atoms with Crippen molar-refractivity contribution in [2.75, 3.05) is 18.1 Å². The zero-order chi connectivity index (χ0) is 22.2. The number of carbonyl (C=O) groups excluding carboxylic acids is 2. The van der Waals surface area contributed by atoms with E-state index in [1.807, 2.05) is 57.2 Å². The number of rotatable bonds is 4. The molecule has 0 saturated carbocycles. The minimum Gasteiger partial charge on any atom is -0.462 e. The maximum Gasteiger partial charge on any atom is 0.338 e. The smallest absolute Gasteiger partial charge is 0.338 e. The van der Waals surface area contributed by atoms with Crippen molar-refractivity contribution in [3.05, 3.63) is 58.7 Å². The van der Waals surface area contributed by atoms with Crippen LogP contribution in [0.5, 0.6) is 5.75 Å². The summed E-state index contributed by atoms with van der Waals surface area (Å²) in [5.74, 6) is -0.381. The first kappa shape index (κ1) is 21.2. The molecule has 0 amide bonds. The molecule has 0 fully saturated rings. The second-order valence-corrected chi connectivity index (χ2v) is 8.78. The number of ether oxygens (including phenoxy) is 2. The monoisotopic (exact) mass is 424 g/mol. The van der Waals surface area contributed by atoms with E-state index in [2.05, 4.69) is 10.4 Å². The molecular weight excluding hydrogens is 396 g/mol. The van der Waals surface area contributed by atoms with Crippen LogP contribution in [0, 0.1) is 0 Å². The number of anilines is 1. The third-order valence-electron chi connectivity index (χ3n) is 5.38. The summed E-state index contributed by atoms with van der Waals surface area (Å²) in [5.41, 5.74) is 6.77. The molecule has 2 aromatic carbocycles. The molecular formula is C24H28N2O5. The molecule has 0 spiro atoms. The Morgan fingerprint density at radius 2 is 2.00 bits per heavy atom. The van der Waals surface area contributed by atoms with Gasteiger partial charge in [0, 0.05) is 37.0 Å². The zero-order valence-electron chi connectivity index (χ0n) is 18.4. The molecule has 1 atom stereocenters. The molecule has 31 heavy (non-hydrogen) atoms. The van der Waals surface area contributed by atoms with Gasteiger partial charge >= 0.3 is 11.9 Å². The summed E-state index contributed by atoms with van der Waals surface area (Å²) < 4.78 is 10.8. The van der Waals surface area contributed by atoms with Crippen LogP contribution in [0.3, 0.4) is 0 Å². The van der Waals surface area contributed by atoms with E-state index in [0.29, 0.717) is 37.6 Å². The highest BCUT2D eigenvalue weighted by Crippen LogP contribution is 2.37. The molecule has 2 aliphatic heterocycles. The fourth-order valence-electron chi connectivity index (χ4n) is 4.00. The molecule has 1 unspecified atom stereocenters. The van der Waals surface area contributed by atoms with E-state index in [4.69, 9.17) is 14.3 Å². The molecule has 0 bridgehead atoms. The van der Waals surface area contributed by atoms with Gasteiger partial charge in [0.15, 0.2) is 5.75 Å². The average molecular weight is 424 g/mol. The van der Waals surface area contributed by atoms with Crippen LogP contribution in [0.1, 0.15) is 60.7 Å². The third kappa shape index (κ3) is 4.37. The highest BCUT2D eigenvalue weighted by atomic mass is 16.6. The number of nitrogens with zero attached hydrogens (tertiary/aromatic N) is 1. The summed E-state index contributed by atoms with van der Waals surface area (Å²) in [6, 6.07) is 11.6. The Morgan fingerprint density at radius 1 is 1.19 bits per heavy atom. The van der Waals surface area contributed by atoms with Gasteiger partial charge in [-0.3, -0.25) is 4.79 Å². The molecule has 2 heterocycles. The number of fused-ring (bicyclic) bond motifs is 2. The van der Waals surface area contributed by atoms with Crippen LogP contribution in [-0.4, -0.2) is 30.7 Å². The summed E-state index contributed by atoms with van der Waals surface area (Å²) in [4.78, 5) is 32.8. The second-order valence-electron chi connectivity index (χ2n) is 8.78. The van der Waals surface area contributed by atoms with Crippen molar-refractivity contribution in [3.8, 4) is 5.75 Å². The van der Waals surface area contributed by atoms with Crippen LogP contribution in [0.25, 0.3) is 0 Å². The molecule has 0 aliphatic carbocycles. The molecule has 0 radical (unpaired) electrons. The minimum atomic E-state index is -0.548. The third-order valence-corrected chi connectivity index (χ3v) is 5.38. The minimum absolute atomic E-state index is 0.273. The summed E-state index contributed by atoms with van der Waals surface area (Å²) in [5, 5.41) is 0. The van der Waals surface area contributed by atoms with Crippen LogP contribution >= 0.6 is 0 Å². The normalized spacial score (nSPS) is 17.4. The Morgan fingerprint density at radius 3 is 2.74 bits per heavy atom. The summed E-state index contributed by atoms with van der Waals surface area (Å²) in [6.45, 7) is 9.38. The van der Waals surface area contributed by atoms with Gasteiger partial charge < -0.3 is 19.2 Å². The van der Waals surface area contributed by atoms with Crippen LogP contribution < -0.4 is 15.2 Å². The molecule has 164 valence electrons. The Kier molecular flexibility index (Phi) is 5.62. The summed E-state index contributed by atoms with van der Waals surface area (Å²) in [6.07, 6.45) is 0. The van der Waals surface area contributed by atoms with Crippen molar-refractivity contribution in [1.82, 2.24) is 5.48 Å². The van der Waals surface area contributed by atoms with Crippen molar-refractivity contribution in [1.29, 1.82) is 0 Å². The van der Waals surface area contributed by atoms with E-state index in [9.17, 15) is 9.59 Å². The molecule has 7 heteroatoms. The SMILES string of the molecule is CCOC(=O)c1cccc2c1CN(c1ccc3c(c1)ONCC3C(=O)OC(C)(C)C)C2. The lowest BCUT2D eigenvalue weighted by atomic mass is 9.96. The van der Waals surface area contributed by atoms with E-state index >= 15 is 0 Å². The molecule has 7 nitrogen and oxygen atoms in total. The molecule has 0 aromatic heterocycles.